The molecule has 0 atom stereocenters. The van der Waals surface area contributed by atoms with E-state index in [0.29, 0.717) is 22.4 Å². The van der Waals surface area contributed by atoms with Gasteiger partial charge in [0.1, 0.15) is 0 Å². The fourth-order valence-electron chi connectivity index (χ4n) is 4.25. The Morgan fingerprint density at radius 1 is 0.886 bits per heavy atom. The minimum Gasteiger partial charge on any atom is -0.396 e. The number of alkyl halides is 3. The van der Waals surface area contributed by atoms with Crippen molar-refractivity contribution >= 4 is 17.3 Å². The molecule has 1 heterocycles. The molecule has 2 N–H and O–H groups in total. The third-order valence-electron chi connectivity index (χ3n) is 6.19. The summed E-state index contributed by atoms with van der Waals surface area (Å²) in [7, 11) is 0. The lowest BCUT2D eigenvalue weighted by atomic mass is 9.98. The van der Waals surface area contributed by atoms with Crippen molar-refractivity contribution in [3.63, 3.8) is 0 Å². The van der Waals surface area contributed by atoms with Gasteiger partial charge in [-0.25, -0.2) is 0 Å². The van der Waals surface area contributed by atoms with Gasteiger partial charge in [-0.3, -0.25) is 9.69 Å². The Bertz CT molecular complexity index is 1120. The minimum atomic E-state index is -4.41. The number of halogens is 3. The van der Waals surface area contributed by atoms with E-state index in [9.17, 15) is 18.0 Å². The van der Waals surface area contributed by atoms with E-state index < -0.39 is 11.7 Å². The lowest BCUT2D eigenvalue weighted by Gasteiger charge is -2.36. The van der Waals surface area contributed by atoms with Crippen LogP contribution in [0.4, 0.5) is 24.5 Å². The van der Waals surface area contributed by atoms with Crippen LogP contribution in [0.25, 0.3) is 11.1 Å². The van der Waals surface area contributed by atoms with E-state index in [1.807, 2.05) is 24.3 Å². The maximum Gasteiger partial charge on any atom is 0.416 e. The number of carbonyl (C=O) groups is 1. The zero-order chi connectivity index (χ0) is 24.8. The van der Waals surface area contributed by atoms with Crippen LogP contribution < -0.4 is 10.2 Å². The van der Waals surface area contributed by atoms with Gasteiger partial charge in [0.25, 0.3) is 5.91 Å². The summed E-state index contributed by atoms with van der Waals surface area (Å²) in [4.78, 5) is 17.7. The van der Waals surface area contributed by atoms with Crippen LogP contribution >= 0.6 is 0 Å². The summed E-state index contributed by atoms with van der Waals surface area (Å²) in [5.41, 5.74) is 2.48. The molecule has 5 nitrogen and oxygen atoms in total. The molecule has 0 unspecified atom stereocenters. The van der Waals surface area contributed by atoms with E-state index in [4.69, 9.17) is 5.11 Å². The Hall–Kier alpha value is -3.36. The van der Waals surface area contributed by atoms with E-state index in [-0.39, 0.29) is 12.5 Å². The van der Waals surface area contributed by atoms with Crippen LogP contribution in [0, 0.1) is 0 Å². The van der Waals surface area contributed by atoms with Gasteiger partial charge in [0, 0.05) is 56.3 Å². The van der Waals surface area contributed by atoms with Gasteiger partial charge in [0.15, 0.2) is 0 Å². The van der Waals surface area contributed by atoms with E-state index >= 15 is 0 Å². The van der Waals surface area contributed by atoms with Crippen molar-refractivity contribution in [1.82, 2.24) is 4.90 Å². The highest BCUT2D eigenvalue weighted by Crippen LogP contribution is 2.32. The Balaban J connectivity index is 1.42. The van der Waals surface area contributed by atoms with Crippen molar-refractivity contribution in [3.05, 3.63) is 83.9 Å². The summed E-state index contributed by atoms with van der Waals surface area (Å²) in [6, 6.07) is 19.3. The van der Waals surface area contributed by atoms with Crippen LogP contribution in [0.2, 0.25) is 0 Å². The molecule has 1 aliphatic heterocycles. The fraction of sp³-hybridized carbons (Fsp3) is 0.296. The second kappa shape index (κ2) is 10.9. The number of amides is 1. The number of carbonyl (C=O) groups excluding carboxylic acids is 1. The average molecular weight is 484 g/mol. The monoisotopic (exact) mass is 483 g/mol. The van der Waals surface area contributed by atoms with Gasteiger partial charge >= 0.3 is 6.18 Å². The number of benzene rings is 3. The number of nitrogens with one attached hydrogen (secondary N) is 1. The lowest BCUT2D eigenvalue weighted by Crippen LogP contribution is -2.46. The van der Waals surface area contributed by atoms with E-state index in [2.05, 4.69) is 15.1 Å². The molecule has 1 fully saturated rings. The van der Waals surface area contributed by atoms with Gasteiger partial charge in [0.05, 0.1) is 5.56 Å². The molecule has 3 aromatic rings. The third-order valence-corrected chi connectivity index (χ3v) is 6.19. The predicted octanol–water partition coefficient (Wildman–Crippen LogP) is 5.13. The van der Waals surface area contributed by atoms with Crippen LogP contribution in [0.15, 0.2) is 72.8 Å². The first-order valence-corrected chi connectivity index (χ1v) is 11.6. The van der Waals surface area contributed by atoms with E-state index in [1.165, 1.54) is 12.1 Å². The van der Waals surface area contributed by atoms with Gasteiger partial charge in [-0.2, -0.15) is 13.2 Å². The standard InChI is InChI=1S/C27H28F3N3O2/c28-27(29,30)21-8-6-20(7-9-21)24-4-1-2-5-25(24)26(35)31-22-10-12-23(13-11-22)33-17-15-32(16-18-33)14-3-19-34/h1-2,4-13,34H,3,14-19H2,(H,31,35). The predicted molar refractivity (Wildman–Crippen MR) is 132 cm³/mol. The number of piperazine rings is 1. The SMILES string of the molecule is O=C(Nc1ccc(N2CCN(CCCO)CC2)cc1)c1ccccc1-c1ccc(C(F)(F)F)cc1. The van der Waals surface area contributed by atoms with E-state index in [1.54, 1.807) is 24.3 Å². The lowest BCUT2D eigenvalue weighted by molar-refractivity contribution is -0.137. The van der Waals surface area contributed by atoms with Crippen molar-refractivity contribution in [2.45, 2.75) is 12.6 Å². The van der Waals surface area contributed by atoms with Crippen molar-refractivity contribution in [2.24, 2.45) is 0 Å². The van der Waals surface area contributed by atoms with Gasteiger partial charge in [-0.15, -0.1) is 0 Å². The quantitative estimate of drug-likeness (QED) is 0.489. The Labute approximate surface area is 202 Å². The molecule has 0 saturated carbocycles. The molecule has 1 aliphatic rings. The molecule has 35 heavy (non-hydrogen) atoms. The zero-order valence-corrected chi connectivity index (χ0v) is 19.3. The number of anilines is 2. The summed E-state index contributed by atoms with van der Waals surface area (Å²) in [6.45, 7) is 4.80. The molecule has 3 aromatic carbocycles. The van der Waals surface area contributed by atoms with Gasteiger partial charge in [0.2, 0.25) is 0 Å². The Morgan fingerprint density at radius 2 is 1.54 bits per heavy atom. The first kappa shape index (κ1) is 24.8. The topological polar surface area (TPSA) is 55.8 Å². The van der Waals surface area contributed by atoms with Crippen molar-refractivity contribution in [1.29, 1.82) is 0 Å². The van der Waals surface area contributed by atoms with Crippen LogP contribution in [0.5, 0.6) is 0 Å². The van der Waals surface area contributed by atoms with Crippen LogP contribution in [0.1, 0.15) is 22.3 Å². The molecule has 1 amide bonds. The highest BCUT2D eigenvalue weighted by molar-refractivity contribution is 6.08. The largest absolute Gasteiger partial charge is 0.416 e. The maximum absolute atomic E-state index is 13.0. The molecule has 4 rings (SSSR count). The minimum absolute atomic E-state index is 0.211. The summed E-state index contributed by atoms with van der Waals surface area (Å²) >= 11 is 0. The Kier molecular flexibility index (Phi) is 7.73. The molecule has 1 saturated heterocycles. The molecule has 8 heteroatoms. The van der Waals surface area contributed by atoms with Gasteiger partial charge in [-0.05, 0) is 60.0 Å². The number of aliphatic hydroxyl groups excluding tert-OH is 1. The van der Waals surface area contributed by atoms with E-state index in [0.717, 1.165) is 57.0 Å². The number of nitrogens with zero attached hydrogens (tertiary/aromatic N) is 2. The zero-order valence-electron chi connectivity index (χ0n) is 19.3. The van der Waals surface area contributed by atoms with Crippen molar-refractivity contribution < 1.29 is 23.1 Å². The average Bonchev–Trinajstić information content (AvgIpc) is 2.88. The first-order valence-electron chi connectivity index (χ1n) is 11.6. The molecular weight excluding hydrogens is 455 g/mol. The molecular formula is C27H28F3N3O2. The van der Waals surface area contributed by atoms with Crippen LogP contribution in [-0.2, 0) is 6.18 Å². The smallest absolute Gasteiger partial charge is 0.396 e. The highest BCUT2D eigenvalue weighted by Gasteiger charge is 2.30. The molecule has 0 aromatic heterocycles. The molecule has 184 valence electrons. The summed E-state index contributed by atoms with van der Waals surface area (Å²) < 4.78 is 38.7. The third kappa shape index (κ3) is 6.21. The molecule has 0 spiro atoms. The van der Waals surface area contributed by atoms with Crippen LogP contribution in [-0.4, -0.2) is 55.2 Å². The highest BCUT2D eigenvalue weighted by atomic mass is 19.4. The number of hydrogen-bond donors (Lipinski definition) is 2. The number of aliphatic hydroxyl groups is 1. The summed E-state index contributed by atoms with van der Waals surface area (Å²) in [5, 5.41) is 11.9. The second-order valence-corrected chi connectivity index (χ2v) is 8.53. The molecule has 0 aliphatic carbocycles. The van der Waals surface area contributed by atoms with Crippen molar-refractivity contribution in [2.75, 3.05) is 49.5 Å². The normalized spacial score (nSPS) is 14.7. The fourth-order valence-corrected chi connectivity index (χ4v) is 4.25. The number of rotatable bonds is 7. The maximum atomic E-state index is 13.0. The van der Waals surface area contributed by atoms with Crippen molar-refractivity contribution in [3.8, 4) is 11.1 Å². The summed E-state index contributed by atoms with van der Waals surface area (Å²) in [5.74, 6) is -0.328. The second-order valence-electron chi connectivity index (χ2n) is 8.53. The first-order chi connectivity index (χ1) is 16.8. The summed E-state index contributed by atoms with van der Waals surface area (Å²) in [6.07, 6.45) is -3.62. The van der Waals surface area contributed by atoms with Gasteiger partial charge in [-0.1, -0.05) is 30.3 Å². The number of hydrogen-bond acceptors (Lipinski definition) is 4. The van der Waals surface area contributed by atoms with Gasteiger partial charge < -0.3 is 15.3 Å². The van der Waals surface area contributed by atoms with Crippen LogP contribution in [0.3, 0.4) is 0 Å². The Morgan fingerprint density at radius 3 is 2.17 bits per heavy atom. The molecule has 0 bridgehead atoms. The molecule has 0 radical (unpaired) electrons.